The van der Waals surface area contributed by atoms with Crippen LogP contribution in [0.2, 0.25) is 0 Å². The molecule has 0 spiro atoms. The fourth-order valence-electron chi connectivity index (χ4n) is 2.86. The summed E-state index contributed by atoms with van der Waals surface area (Å²) in [5.74, 6) is 0.778. The van der Waals surface area contributed by atoms with Gasteiger partial charge in [-0.25, -0.2) is 9.37 Å². The van der Waals surface area contributed by atoms with Gasteiger partial charge in [0.05, 0.1) is 17.3 Å². The highest BCUT2D eigenvalue weighted by atomic mass is 19.1. The van der Waals surface area contributed by atoms with Crippen LogP contribution in [-0.4, -0.2) is 10.1 Å². The average Bonchev–Trinajstić information content (AvgIpc) is 3.12. The zero-order valence-corrected chi connectivity index (χ0v) is 13.9. The summed E-state index contributed by atoms with van der Waals surface area (Å²) in [5.41, 5.74) is 9.49. The highest BCUT2D eigenvalue weighted by Crippen LogP contribution is 2.26. The van der Waals surface area contributed by atoms with Crippen LogP contribution < -0.4 is 11.1 Å². The molecule has 4 rings (SSSR count). The maximum absolute atomic E-state index is 13.0. The molecule has 130 valence electrons. The van der Waals surface area contributed by atoms with Gasteiger partial charge >= 0.3 is 0 Å². The van der Waals surface area contributed by atoms with Crippen LogP contribution in [0.25, 0.3) is 11.3 Å². The van der Waals surface area contributed by atoms with Crippen LogP contribution in [0.3, 0.4) is 0 Å². The fraction of sp³-hybridized carbons (Fsp3) is 0.100. The highest BCUT2D eigenvalue weighted by Gasteiger charge is 2.14. The molecule has 1 atom stereocenters. The Kier molecular flexibility index (Phi) is 4.23. The Hall–Kier alpha value is -3.41. The van der Waals surface area contributed by atoms with Gasteiger partial charge in [0.15, 0.2) is 5.76 Å². The van der Waals surface area contributed by atoms with Crippen molar-refractivity contribution in [3.05, 3.63) is 89.7 Å². The molecule has 3 aromatic rings. The minimum absolute atomic E-state index is 0.0300. The molecule has 0 aliphatic carbocycles. The SMILES string of the molecule is Nc1ncccc1-c1cc(CC2=CNC(c3ccc(F)cc3)C=C2)no1. The minimum Gasteiger partial charge on any atom is -0.383 e. The van der Waals surface area contributed by atoms with Gasteiger partial charge in [-0.1, -0.05) is 29.4 Å². The van der Waals surface area contributed by atoms with Crippen molar-refractivity contribution in [1.29, 1.82) is 0 Å². The molecule has 0 radical (unpaired) electrons. The first-order chi connectivity index (χ1) is 12.7. The third-order valence-electron chi connectivity index (χ3n) is 4.23. The van der Waals surface area contributed by atoms with Crippen molar-refractivity contribution in [3.8, 4) is 11.3 Å². The predicted molar refractivity (Wildman–Crippen MR) is 97.4 cm³/mol. The number of nitrogens with two attached hydrogens (primary N) is 1. The van der Waals surface area contributed by atoms with Crippen LogP contribution in [0.1, 0.15) is 17.3 Å². The van der Waals surface area contributed by atoms with Crippen LogP contribution in [0.4, 0.5) is 10.2 Å². The van der Waals surface area contributed by atoms with Gasteiger partial charge in [0.1, 0.15) is 11.6 Å². The summed E-state index contributed by atoms with van der Waals surface area (Å²) >= 11 is 0. The number of rotatable bonds is 4. The van der Waals surface area contributed by atoms with E-state index in [9.17, 15) is 4.39 Å². The number of nitrogens with zero attached hydrogens (tertiary/aromatic N) is 2. The number of aromatic nitrogens is 2. The molecule has 0 saturated heterocycles. The molecule has 2 aromatic heterocycles. The van der Waals surface area contributed by atoms with Crippen molar-refractivity contribution in [2.24, 2.45) is 0 Å². The van der Waals surface area contributed by atoms with E-state index in [0.29, 0.717) is 18.0 Å². The van der Waals surface area contributed by atoms with Crippen LogP contribution in [-0.2, 0) is 6.42 Å². The number of hydrogen-bond donors (Lipinski definition) is 2. The van der Waals surface area contributed by atoms with E-state index >= 15 is 0 Å². The Morgan fingerprint density at radius 2 is 2.04 bits per heavy atom. The summed E-state index contributed by atoms with van der Waals surface area (Å²) in [4.78, 5) is 4.06. The van der Waals surface area contributed by atoms with E-state index in [2.05, 4.69) is 15.5 Å². The van der Waals surface area contributed by atoms with Crippen LogP contribution >= 0.6 is 0 Å². The number of halogens is 1. The standard InChI is InChI=1S/C20H17FN4O/c21-15-6-4-14(5-7-15)18-8-3-13(12-24-18)10-16-11-19(26-25-16)17-2-1-9-23-20(17)22/h1-9,11-12,18,24H,10H2,(H2,22,23). The third kappa shape index (κ3) is 3.35. The molecule has 1 aromatic carbocycles. The van der Waals surface area contributed by atoms with E-state index in [0.717, 1.165) is 22.4 Å². The van der Waals surface area contributed by atoms with Gasteiger partial charge in [0.2, 0.25) is 0 Å². The smallest absolute Gasteiger partial charge is 0.170 e. The molecule has 1 aliphatic rings. The molecular formula is C20H17FN4O. The molecule has 5 nitrogen and oxygen atoms in total. The number of nitrogens with one attached hydrogen (secondary N) is 1. The average molecular weight is 348 g/mol. The second-order valence-electron chi connectivity index (χ2n) is 6.07. The van der Waals surface area contributed by atoms with Crippen LogP contribution in [0, 0.1) is 5.82 Å². The largest absolute Gasteiger partial charge is 0.383 e. The summed E-state index contributed by atoms with van der Waals surface area (Å²) in [5, 5.41) is 7.43. The van der Waals surface area contributed by atoms with Gasteiger partial charge in [0, 0.05) is 24.9 Å². The molecule has 6 heteroatoms. The van der Waals surface area contributed by atoms with Gasteiger partial charge in [-0.3, -0.25) is 0 Å². The third-order valence-corrected chi connectivity index (χ3v) is 4.23. The quantitative estimate of drug-likeness (QED) is 0.750. The lowest BCUT2D eigenvalue weighted by atomic mass is 10.0. The number of dihydropyridines is 1. The lowest BCUT2D eigenvalue weighted by Crippen LogP contribution is -2.17. The van der Waals surface area contributed by atoms with Crippen molar-refractivity contribution >= 4 is 5.82 Å². The maximum Gasteiger partial charge on any atom is 0.170 e. The monoisotopic (exact) mass is 348 g/mol. The van der Waals surface area contributed by atoms with Crippen LogP contribution in [0.15, 0.2) is 77.1 Å². The van der Waals surface area contributed by atoms with E-state index in [-0.39, 0.29) is 11.9 Å². The Bertz CT molecular complexity index is 975. The Balaban J connectivity index is 1.44. The predicted octanol–water partition coefficient (Wildman–Crippen LogP) is 3.79. The number of nitrogen functional groups attached to an aromatic ring is 1. The van der Waals surface area contributed by atoms with E-state index in [1.807, 2.05) is 30.5 Å². The molecule has 1 aliphatic heterocycles. The van der Waals surface area contributed by atoms with E-state index in [4.69, 9.17) is 10.3 Å². The topological polar surface area (TPSA) is 77.0 Å². The molecule has 0 saturated carbocycles. The highest BCUT2D eigenvalue weighted by molar-refractivity contribution is 5.69. The minimum atomic E-state index is -0.235. The lowest BCUT2D eigenvalue weighted by molar-refractivity contribution is 0.425. The van der Waals surface area contributed by atoms with Gasteiger partial charge in [-0.05, 0) is 35.4 Å². The van der Waals surface area contributed by atoms with Gasteiger partial charge in [-0.2, -0.15) is 0 Å². The molecule has 0 amide bonds. The molecular weight excluding hydrogens is 331 g/mol. The van der Waals surface area contributed by atoms with Crippen LogP contribution in [0.5, 0.6) is 0 Å². The first kappa shape index (κ1) is 16.1. The van der Waals surface area contributed by atoms with Gasteiger partial charge in [0.25, 0.3) is 0 Å². The Morgan fingerprint density at radius 1 is 1.19 bits per heavy atom. The second kappa shape index (κ2) is 6.84. The molecule has 0 bridgehead atoms. The molecule has 26 heavy (non-hydrogen) atoms. The lowest BCUT2D eigenvalue weighted by Gasteiger charge is -2.18. The first-order valence-corrected chi connectivity index (χ1v) is 8.24. The van der Waals surface area contributed by atoms with E-state index in [1.165, 1.54) is 12.1 Å². The van der Waals surface area contributed by atoms with Crippen molar-refractivity contribution in [3.63, 3.8) is 0 Å². The Morgan fingerprint density at radius 3 is 2.77 bits per heavy atom. The number of allylic oxidation sites excluding steroid dienone is 2. The summed E-state index contributed by atoms with van der Waals surface area (Å²) in [6, 6.07) is 12.0. The summed E-state index contributed by atoms with van der Waals surface area (Å²) in [6.07, 6.45) is 8.29. The number of anilines is 1. The fourth-order valence-corrected chi connectivity index (χ4v) is 2.86. The zero-order chi connectivity index (χ0) is 17.9. The van der Waals surface area contributed by atoms with Gasteiger partial charge in [-0.15, -0.1) is 0 Å². The van der Waals surface area contributed by atoms with E-state index < -0.39 is 0 Å². The summed E-state index contributed by atoms with van der Waals surface area (Å²) in [6.45, 7) is 0. The van der Waals surface area contributed by atoms with Crippen molar-refractivity contribution in [1.82, 2.24) is 15.5 Å². The number of pyridine rings is 1. The molecule has 0 fully saturated rings. The van der Waals surface area contributed by atoms with Crippen molar-refractivity contribution in [2.75, 3.05) is 5.73 Å². The number of hydrogen-bond acceptors (Lipinski definition) is 5. The van der Waals surface area contributed by atoms with Crippen molar-refractivity contribution in [2.45, 2.75) is 12.5 Å². The molecule has 3 heterocycles. The maximum atomic E-state index is 13.0. The molecule has 1 unspecified atom stereocenters. The van der Waals surface area contributed by atoms with Gasteiger partial charge < -0.3 is 15.6 Å². The van der Waals surface area contributed by atoms with Crippen molar-refractivity contribution < 1.29 is 8.91 Å². The second-order valence-corrected chi connectivity index (χ2v) is 6.07. The van der Waals surface area contributed by atoms with E-state index in [1.54, 1.807) is 24.4 Å². The summed E-state index contributed by atoms with van der Waals surface area (Å²) in [7, 11) is 0. The zero-order valence-electron chi connectivity index (χ0n) is 13.9. The Labute approximate surface area is 150 Å². The normalized spacial score (nSPS) is 16.2. The summed E-state index contributed by atoms with van der Waals surface area (Å²) < 4.78 is 18.4. The first-order valence-electron chi connectivity index (χ1n) is 8.24. The number of benzene rings is 1. The molecule has 3 N–H and O–H groups in total.